The van der Waals surface area contributed by atoms with Crippen LogP contribution in [0, 0.1) is 0 Å². The molecule has 31 heavy (non-hydrogen) atoms. The minimum Gasteiger partial charge on any atom is -0.394 e. The summed E-state index contributed by atoms with van der Waals surface area (Å²) in [6.07, 6.45) is 22.6. The van der Waals surface area contributed by atoms with Crippen molar-refractivity contribution in [3.05, 3.63) is 12.2 Å². The molecule has 5 nitrogen and oxygen atoms in total. The molecule has 1 aliphatic rings. The number of hydrogen-bond acceptors (Lipinski definition) is 5. The van der Waals surface area contributed by atoms with Gasteiger partial charge in [-0.1, -0.05) is 95.6 Å². The quantitative estimate of drug-likeness (QED) is 0.166. The van der Waals surface area contributed by atoms with E-state index in [4.69, 9.17) is 14.6 Å². The molecule has 0 spiro atoms. The zero-order valence-corrected chi connectivity index (χ0v) is 20.1. The van der Waals surface area contributed by atoms with Gasteiger partial charge in [-0.2, -0.15) is 0 Å². The summed E-state index contributed by atoms with van der Waals surface area (Å²) in [5.41, 5.74) is 0. The standard InChI is InChI=1S/C26H50O5/c1-2-3-4-5-6-7-8-9-10-11-12-13-14-15-16-17-18-19-20-30-26-24(29)22-31-25(26)23(28)21-27/h2-3,23-29H,4-22H2,1H3/b3-2+/t23-,24+,25+,26+/m0/s1. The van der Waals surface area contributed by atoms with Gasteiger partial charge >= 0.3 is 0 Å². The van der Waals surface area contributed by atoms with Crippen LogP contribution >= 0.6 is 0 Å². The molecular weight excluding hydrogens is 392 g/mol. The van der Waals surface area contributed by atoms with Crippen molar-refractivity contribution >= 4 is 0 Å². The summed E-state index contributed by atoms with van der Waals surface area (Å²) in [5, 5.41) is 28.7. The first-order valence-electron chi connectivity index (χ1n) is 13.0. The highest BCUT2D eigenvalue weighted by Gasteiger charge is 2.40. The predicted octanol–water partition coefficient (Wildman–Crippen LogP) is 5.30. The van der Waals surface area contributed by atoms with Crippen LogP contribution in [0.3, 0.4) is 0 Å². The minimum absolute atomic E-state index is 0.156. The van der Waals surface area contributed by atoms with E-state index in [2.05, 4.69) is 19.1 Å². The lowest BCUT2D eigenvalue weighted by atomic mass is 10.0. The molecule has 0 aromatic rings. The van der Waals surface area contributed by atoms with E-state index in [1.165, 1.54) is 89.9 Å². The Kier molecular flexibility index (Phi) is 18.6. The fourth-order valence-electron chi connectivity index (χ4n) is 4.31. The van der Waals surface area contributed by atoms with Crippen LogP contribution in [0.2, 0.25) is 0 Å². The van der Waals surface area contributed by atoms with Crippen LogP contribution in [0.1, 0.15) is 110 Å². The van der Waals surface area contributed by atoms with Crippen molar-refractivity contribution in [2.75, 3.05) is 19.8 Å². The summed E-state index contributed by atoms with van der Waals surface area (Å²) in [6, 6.07) is 0. The number of aliphatic hydroxyl groups is 3. The summed E-state index contributed by atoms with van der Waals surface area (Å²) < 4.78 is 11.1. The largest absolute Gasteiger partial charge is 0.394 e. The minimum atomic E-state index is -1.000. The van der Waals surface area contributed by atoms with Gasteiger partial charge in [-0.15, -0.1) is 0 Å². The molecule has 0 aromatic heterocycles. The van der Waals surface area contributed by atoms with Crippen LogP contribution in [-0.2, 0) is 9.47 Å². The fraction of sp³-hybridized carbons (Fsp3) is 0.923. The molecule has 0 aromatic carbocycles. The van der Waals surface area contributed by atoms with Crippen molar-refractivity contribution in [3.63, 3.8) is 0 Å². The molecule has 0 unspecified atom stereocenters. The number of rotatable bonds is 21. The SMILES string of the molecule is C/C=C/CCCCCCCCCCCCCCCCCO[C@H]1[C@@H]([C@@H](O)CO)OC[C@H]1O. The molecule has 1 fully saturated rings. The van der Waals surface area contributed by atoms with Gasteiger partial charge in [0, 0.05) is 6.61 Å². The summed E-state index contributed by atoms with van der Waals surface area (Å²) >= 11 is 0. The number of ether oxygens (including phenoxy) is 2. The monoisotopic (exact) mass is 442 g/mol. The molecule has 1 aliphatic heterocycles. The Morgan fingerprint density at radius 3 is 1.81 bits per heavy atom. The maximum absolute atomic E-state index is 9.91. The molecule has 1 heterocycles. The van der Waals surface area contributed by atoms with Crippen molar-refractivity contribution in [2.24, 2.45) is 0 Å². The van der Waals surface area contributed by atoms with Crippen molar-refractivity contribution < 1.29 is 24.8 Å². The zero-order valence-electron chi connectivity index (χ0n) is 20.1. The third-order valence-electron chi connectivity index (χ3n) is 6.29. The van der Waals surface area contributed by atoms with E-state index in [-0.39, 0.29) is 13.2 Å². The van der Waals surface area contributed by atoms with E-state index < -0.39 is 24.4 Å². The number of aliphatic hydroxyl groups excluding tert-OH is 3. The van der Waals surface area contributed by atoms with Crippen LogP contribution in [0.25, 0.3) is 0 Å². The third kappa shape index (κ3) is 14.3. The average molecular weight is 443 g/mol. The second-order valence-corrected chi connectivity index (χ2v) is 9.11. The molecule has 4 atom stereocenters. The Hall–Kier alpha value is -0.460. The summed E-state index contributed by atoms with van der Waals surface area (Å²) in [4.78, 5) is 0. The Morgan fingerprint density at radius 1 is 0.839 bits per heavy atom. The van der Waals surface area contributed by atoms with Crippen LogP contribution < -0.4 is 0 Å². The van der Waals surface area contributed by atoms with E-state index >= 15 is 0 Å². The second-order valence-electron chi connectivity index (χ2n) is 9.11. The van der Waals surface area contributed by atoms with Gasteiger partial charge in [0.1, 0.15) is 24.4 Å². The second kappa shape index (κ2) is 20.2. The zero-order chi connectivity index (χ0) is 22.6. The van der Waals surface area contributed by atoms with Gasteiger partial charge in [0.05, 0.1) is 13.2 Å². The predicted molar refractivity (Wildman–Crippen MR) is 127 cm³/mol. The van der Waals surface area contributed by atoms with Gasteiger partial charge in [0.15, 0.2) is 0 Å². The highest BCUT2D eigenvalue weighted by Crippen LogP contribution is 2.21. The van der Waals surface area contributed by atoms with Crippen LogP contribution in [0.15, 0.2) is 12.2 Å². The first-order valence-corrected chi connectivity index (χ1v) is 13.0. The smallest absolute Gasteiger partial charge is 0.114 e. The van der Waals surface area contributed by atoms with Gasteiger partial charge < -0.3 is 24.8 Å². The molecule has 0 radical (unpaired) electrons. The van der Waals surface area contributed by atoms with Crippen molar-refractivity contribution in [3.8, 4) is 0 Å². The van der Waals surface area contributed by atoms with E-state index in [0.29, 0.717) is 6.61 Å². The van der Waals surface area contributed by atoms with Crippen LogP contribution in [0.5, 0.6) is 0 Å². The molecule has 1 rings (SSSR count). The lowest BCUT2D eigenvalue weighted by molar-refractivity contribution is -0.0938. The fourth-order valence-corrected chi connectivity index (χ4v) is 4.31. The normalized spacial score (nSPS) is 22.5. The van der Waals surface area contributed by atoms with Gasteiger partial charge in [-0.25, -0.2) is 0 Å². The molecule has 0 saturated carbocycles. The molecule has 184 valence electrons. The molecule has 0 amide bonds. The Morgan fingerprint density at radius 2 is 1.32 bits per heavy atom. The summed E-state index contributed by atoms with van der Waals surface area (Å²) in [6.45, 7) is 2.44. The van der Waals surface area contributed by atoms with Gasteiger partial charge in [0.2, 0.25) is 0 Å². The molecule has 3 N–H and O–H groups in total. The maximum Gasteiger partial charge on any atom is 0.114 e. The summed E-state index contributed by atoms with van der Waals surface area (Å²) in [7, 11) is 0. The Bertz CT molecular complexity index is 415. The molecule has 0 bridgehead atoms. The van der Waals surface area contributed by atoms with Gasteiger partial charge in [-0.05, 0) is 26.2 Å². The maximum atomic E-state index is 9.91. The molecule has 1 saturated heterocycles. The topological polar surface area (TPSA) is 79.2 Å². The summed E-state index contributed by atoms with van der Waals surface area (Å²) in [5.74, 6) is 0. The first kappa shape index (κ1) is 28.6. The van der Waals surface area contributed by atoms with E-state index in [0.717, 1.165) is 12.8 Å². The average Bonchev–Trinajstić information content (AvgIpc) is 3.15. The van der Waals surface area contributed by atoms with Crippen LogP contribution in [0.4, 0.5) is 0 Å². The number of allylic oxidation sites excluding steroid dienone is 2. The van der Waals surface area contributed by atoms with E-state index in [1.54, 1.807) is 0 Å². The lowest BCUT2D eigenvalue weighted by Gasteiger charge is -2.23. The Labute approximate surface area is 191 Å². The number of unbranched alkanes of at least 4 members (excludes halogenated alkanes) is 15. The highest BCUT2D eigenvalue weighted by atomic mass is 16.6. The molecule has 5 heteroatoms. The van der Waals surface area contributed by atoms with Crippen molar-refractivity contribution in [1.82, 2.24) is 0 Å². The Balaban J connectivity index is 1.80. The van der Waals surface area contributed by atoms with Crippen LogP contribution in [-0.4, -0.2) is 59.6 Å². The van der Waals surface area contributed by atoms with Gasteiger partial charge in [0.25, 0.3) is 0 Å². The van der Waals surface area contributed by atoms with Gasteiger partial charge in [-0.3, -0.25) is 0 Å². The first-order chi connectivity index (χ1) is 15.2. The molecule has 0 aliphatic carbocycles. The van der Waals surface area contributed by atoms with Crippen molar-refractivity contribution in [1.29, 1.82) is 0 Å². The van der Waals surface area contributed by atoms with Crippen molar-refractivity contribution in [2.45, 2.75) is 134 Å². The third-order valence-corrected chi connectivity index (χ3v) is 6.29. The number of hydrogen-bond donors (Lipinski definition) is 3. The lowest BCUT2D eigenvalue weighted by Crippen LogP contribution is -2.42. The molecular formula is C26H50O5. The van der Waals surface area contributed by atoms with E-state index in [1.807, 2.05) is 0 Å². The van der Waals surface area contributed by atoms with E-state index in [9.17, 15) is 10.2 Å². The highest BCUT2D eigenvalue weighted by molar-refractivity contribution is 4.89.